The lowest BCUT2D eigenvalue weighted by Crippen LogP contribution is -2.14. The summed E-state index contributed by atoms with van der Waals surface area (Å²) in [4.78, 5) is 13.1. The Hall–Kier alpha value is -5.22. The largest absolute Gasteiger partial charge is 0.462 e. The van der Waals surface area contributed by atoms with Crippen LogP contribution in [0.1, 0.15) is 79.8 Å². The highest BCUT2D eigenvalue weighted by Crippen LogP contribution is 2.40. The van der Waals surface area contributed by atoms with Gasteiger partial charge in [0.1, 0.15) is 0 Å². The summed E-state index contributed by atoms with van der Waals surface area (Å²) in [7, 11) is 0. The zero-order valence-electron chi connectivity index (χ0n) is 27.7. The molecule has 0 saturated carbocycles. The molecule has 4 heteroatoms. The Bertz CT molecular complexity index is 2020. The molecule has 0 spiro atoms. The van der Waals surface area contributed by atoms with Gasteiger partial charge in [0.05, 0.1) is 29.3 Å². The van der Waals surface area contributed by atoms with Gasteiger partial charge >= 0.3 is 5.97 Å². The van der Waals surface area contributed by atoms with E-state index >= 15 is 0 Å². The number of ether oxygens (including phenoxy) is 1. The third-order valence-electron chi connectivity index (χ3n) is 9.37. The van der Waals surface area contributed by atoms with Gasteiger partial charge in [-0.3, -0.25) is 0 Å². The van der Waals surface area contributed by atoms with E-state index in [2.05, 4.69) is 110 Å². The van der Waals surface area contributed by atoms with E-state index in [4.69, 9.17) is 9.84 Å². The van der Waals surface area contributed by atoms with E-state index in [1.54, 1.807) is 0 Å². The molecule has 240 valence electrons. The fraction of sp³-hybridized carbons (Fsp3) is 0.227. The standard InChI is InChI=1S/C44H42N2O2/c1-2-3-4-5-6-7-8-15-28-48-44(47)36-24-27-41-42(31-36)39-20-13-14-21-40(39)43(41)45-46(37-25-22-32-16-9-11-18-34(32)29-37)38-26-23-33-17-10-12-19-35(33)30-38/h9-14,16-27,29-31H,2-8,15,28H2,1H3. The number of hydrogen-bond acceptors (Lipinski definition) is 4. The third-order valence-corrected chi connectivity index (χ3v) is 9.37. The predicted molar refractivity (Wildman–Crippen MR) is 200 cm³/mol. The van der Waals surface area contributed by atoms with Crippen molar-refractivity contribution in [2.24, 2.45) is 5.10 Å². The van der Waals surface area contributed by atoms with Crippen molar-refractivity contribution in [1.29, 1.82) is 0 Å². The van der Waals surface area contributed by atoms with E-state index in [1.807, 2.05) is 29.3 Å². The first-order valence-electron chi connectivity index (χ1n) is 17.5. The van der Waals surface area contributed by atoms with E-state index in [-0.39, 0.29) is 5.97 Å². The van der Waals surface area contributed by atoms with Crippen molar-refractivity contribution in [2.45, 2.75) is 58.3 Å². The molecular weight excluding hydrogens is 588 g/mol. The van der Waals surface area contributed by atoms with Crippen molar-refractivity contribution < 1.29 is 9.53 Å². The average molecular weight is 631 g/mol. The molecule has 1 aliphatic carbocycles. The second-order valence-electron chi connectivity index (χ2n) is 12.7. The van der Waals surface area contributed by atoms with E-state index < -0.39 is 0 Å². The van der Waals surface area contributed by atoms with Gasteiger partial charge < -0.3 is 4.74 Å². The third kappa shape index (κ3) is 6.75. The van der Waals surface area contributed by atoms with Crippen LogP contribution in [0.5, 0.6) is 0 Å². The van der Waals surface area contributed by atoms with Crippen LogP contribution in [0.15, 0.2) is 132 Å². The highest BCUT2D eigenvalue weighted by atomic mass is 16.5. The highest BCUT2D eigenvalue weighted by Gasteiger charge is 2.27. The molecule has 0 aromatic heterocycles. The molecule has 0 N–H and O–H groups in total. The lowest BCUT2D eigenvalue weighted by atomic mass is 10.0. The van der Waals surface area contributed by atoms with Crippen molar-refractivity contribution in [3.8, 4) is 11.1 Å². The number of hydrogen-bond donors (Lipinski definition) is 0. The normalized spacial score (nSPS) is 12.7. The Morgan fingerprint density at radius 3 is 1.73 bits per heavy atom. The summed E-state index contributed by atoms with van der Waals surface area (Å²) in [6.45, 7) is 2.70. The Labute approximate surface area is 283 Å². The van der Waals surface area contributed by atoms with E-state index in [0.717, 1.165) is 63.0 Å². The number of anilines is 2. The summed E-state index contributed by atoms with van der Waals surface area (Å²) in [6, 6.07) is 44.0. The molecule has 0 unspecified atom stereocenters. The predicted octanol–water partition coefficient (Wildman–Crippen LogP) is 11.9. The fourth-order valence-electron chi connectivity index (χ4n) is 6.74. The lowest BCUT2D eigenvalue weighted by Gasteiger charge is -2.22. The first-order valence-corrected chi connectivity index (χ1v) is 17.5. The number of carbonyl (C=O) groups excluding carboxylic acids is 1. The van der Waals surface area contributed by atoms with Crippen molar-refractivity contribution in [3.05, 3.63) is 144 Å². The zero-order chi connectivity index (χ0) is 32.7. The highest BCUT2D eigenvalue weighted by molar-refractivity contribution is 6.25. The smallest absolute Gasteiger partial charge is 0.338 e. The lowest BCUT2D eigenvalue weighted by molar-refractivity contribution is 0.0497. The summed E-state index contributed by atoms with van der Waals surface area (Å²) in [5, 5.41) is 12.2. The summed E-state index contributed by atoms with van der Waals surface area (Å²) in [5.41, 5.74) is 7.52. The van der Waals surface area contributed by atoms with Gasteiger partial charge in [-0.15, -0.1) is 0 Å². The van der Waals surface area contributed by atoms with Gasteiger partial charge in [0.2, 0.25) is 0 Å². The van der Waals surface area contributed by atoms with Gasteiger partial charge in [-0.05, 0) is 75.5 Å². The van der Waals surface area contributed by atoms with Crippen molar-refractivity contribution >= 4 is 44.6 Å². The molecule has 6 aromatic carbocycles. The number of nitrogens with zero attached hydrogens (tertiary/aromatic N) is 2. The van der Waals surface area contributed by atoms with Crippen LogP contribution < -0.4 is 5.01 Å². The average Bonchev–Trinajstić information content (AvgIpc) is 3.45. The molecule has 4 nitrogen and oxygen atoms in total. The molecule has 0 atom stereocenters. The van der Waals surface area contributed by atoms with Gasteiger partial charge in [0.25, 0.3) is 0 Å². The summed E-state index contributed by atoms with van der Waals surface area (Å²) in [5.74, 6) is -0.266. The summed E-state index contributed by atoms with van der Waals surface area (Å²) < 4.78 is 5.72. The molecule has 0 heterocycles. The molecule has 0 radical (unpaired) electrons. The number of hydrazone groups is 1. The zero-order valence-corrected chi connectivity index (χ0v) is 27.7. The number of carbonyl (C=O) groups is 1. The Kier molecular flexibility index (Phi) is 9.60. The second kappa shape index (κ2) is 14.7. The minimum atomic E-state index is -0.266. The maximum absolute atomic E-state index is 13.1. The molecule has 7 rings (SSSR count). The number of fused-ring (bicyclic) bond motifs is 5. The molecule has 0 aliphatic heterocycles. The summed E-state index contributed by atoms with van der Waals surface area (Å²) >= 11 is 0. The molecular formula is C44H42N2O2. The van der Waals surface area contributed by atoms with Gasteiger partial charge in [-0.1, -0.05) is 143 Å². The molecule has 1 aliphatic rings. The first kappa shape index (κ1) is 31.4. The molecule has 48 heavy (non-hydrogen) atoms. The monoisotopic (exact) mass is 630 g/mol. The van der Waals surface area contributed by atoms with Crippen molar-refractivity contribution in [1.82, 2.24) is 0 Å². The van der Waals surface area contributed by atoms with Crippen molar-refractivity contribution in [3.63, 3.8) is 0 Å². The summed E-state index contributed by atoms with van der Waals surface area (Å²) in [6.07, 6.45) is 9.69. The first-order chi connectivity index (χ1) is 23.7. The maximum Gasteiger partial charge on any atom is 0.338 e. The van der Waals surface area contributed by atoms with Gasteiger partial charge in [0, 0.05) is 11.1 Å². The van der Waals surface area contributed by atoms with E-state index in [9.17, 15) is 4.79 Å². The van der Waals surface area contributed by atoms with E-state index in [1.165, 1.54) is 49.3 Å². The van der Waals surface area contributed by atoms with E-state index in [0.29, 0.717) is 12.2 Å². The van der Waals surface area contributed by atoms with Crippen LogP contribution in [0.25, 0.3) is 32.7 Å². The molecule has 0 fully saturated rings. The Morgan fingerprint density at radius 1 is 0.542 bits per heavy atom. The van der Waals surface area contributed by atoms with Crippen LogP contribution >= 0.6 is 0 Å². The fourth-order valence-corrected chi connectivity index (χ4v) is 6.74. The van der Waals surface area contributed by atoms with Crippen LogP contribution in [0.3, 0.4) is 0 Å². The minimum absolute atomic E-state index is 0.266. The van der Waals surface area contributed by atoms with Crippen LogP contribution in [-0.2, 0) is 4.74 Å². The number of benzene rings is 6. The maximum atomic E-state index is 13.1. The molecule has 6 aromatic rings. The van der Waals surface area contributed by atoms with Crippen LogP contribution in [0.2, 0.25) is 0 Å². The number of esters is 1. The number of rotatable bonds is 13. The van der Waals surface area contributed by atoms with Crippen LogP contribution in [0, 0.1) is 0 Å². The second-order valence-corrected chi connectivity index (χ2v) is 12.7. The van der Waals surface area contributed by atoms with Gasteiger partial charge in [0.15, 0.2) is 0 Å². The Balaban J connectivity index is 1.19. The number of unbranched alkanes of at least 4 members (excludes halogenated alkanes) is 7. The Morgan fingerprint density at radius 2 is 1.08 bits per heavy atom. The quantitative estimate of drug-likeness (QED) is 0.0723. The topological polar surface area (TPSA) is 41.9 Å². The van der Waals surface area contributed by atoms with Crippen LogP contribution in [-0.4, -0.2) is 18.3 Å². The molecule has 0 saturated heterocycles. The van der Waals surface area contributed by atoms with Gasteiger partial charge in [-0.2, -0.15) is 5.10 Å². The van der Waals surface area contributed by atoms with Crippen LogP contribution in [0.4, 0.5) is 11.4 Å². The molecule has 0 bridgehead atoms. The minimum Gasteiger partial charge on any atom is -0.462 e. The van der Waals surface area contributed by atoms with Gasteiger partial charge in [-0.25, -0.2) is 9.80 Å². The molecule has 0 amide bonds. The SMILES string of the molecule is CCCCCCCCCCOC(=O)c1ccc2c(c1)-c1ccccc1C2=NN(c1ccc2ccccc2c1)c1ccc2ccccc2c1. The van der Waals surface area contributed by atoms with Crippen molar-refractivity contribution in [2.75, 3.05) is 11.6 Å².